The number of ether oxygens (including phenoxy) is 2. The van der Waals surface area contributed by atoms with Gasteiger partial charge in [0.15, 0.2) is 0 Å². The van der Waals surface area contributed by atoms with Gasteiger partial charge in [-0.05, 0) is 63.0 Å². The second kappa shape index (κ2) is 10.4. The molecule has 2 aliphatic rings. The predicted octanol–water partition coefficient (Wildman–Crippen LogP) is 1.83. The fourth-order valence-corrected chi connectivity index (χ4v) is 4.73. The Kier molecular flexibility index (Phi) is 7.28. The maximum atomic E-state index is 12.1. The molecule has 0 saturated carbocycles. The number of methoxy groups -OCH3 is 2. The zero-order valence-corrected chi connectivity index (χ0v) is 19.4. The maximum absolute atomic E-state index is 12.1. The minimum absolute atomic E-state index is 0.0382. The summed E-state index contributed by atoms with van der Waals surface area (Å²) >= 11 is 0. The number of carbonyl (C=O) groups excluding carboxylic acids is 2. The minimum atomic E-state index is -0.350. The van der Waals surface area contributed by atoms with Crippen molar-refractivity contribution in [3.05, 3.63) is 35.7 Å². The molecule has 0 bridgehead atoms. The van der Waals surface area contributed by atoms with E-state index in [2.05, 4.69) is 9.97 Å². The van der Waals surface area contributed by atoms with E-state index >= 15 is 0 Å². The van der Waals surface area contributed by atoms with Gasteiger partial charge in [-0.3, -0.25) is 19.4 Å². The van der Waals surface area contributed by atoms with Crippen molar-refractivity contribution in [2.45, 2.75) is 50.9 Å². The van der Waals surface area contributed by atoms with E-state index in [1.165, 1.54) is 14.2 Å². The van der Waals surface area contributed by atoms with E-state index in [9.17, 15) is 19.8 Å². The number of rotatable bonds is 7. The van der Waals surface area contributed by atoms with Gasteiger partial charge in [-0.15, -0.1) is 0 Å². The molecule has 4 heterocycles. The van der Waals surface area contributed by atoms with Gasteiger partial charge in [0.2, 0.25) is 0 Å². The zero-order valence-electron chi connectivity index (χ0n) is 19.4. The molecule has 10 nitrogen and oxygen atoms in total. The number of aromatic hydroxyl groups is 2. The van der Waals surface area contributed by atoms with Gasteiger partial charge in [0, 0.05) is 13.1 Å². The molecule has 0 aromatic carbocycles. The molecule has 2 atom stereocenters. The van der Waals surface area contributed by atoms with Crippen LogP contribution < -0.4 is 0 Å². The van der Waals surface area contributed by atoms with Crippen LogP contribution in [0.5, 0.6) is 11.5 Å². The third-order valence-corrected chi connectivity index (χ3v) is 6.54. The largest absolute Gasteiger partial charge is 0.506 e. The molecule has 2 aliphatic heterocycles. The molecule has 0 aliphatic carbocycles. The van der Waals surface area contributed by atoms with Crippen LogP contribution >= 0.6 is 0 Å². The van der Waals surface area contributed by atoms with Gasteiger partial charge < -0.3 is 19.7 Å². The van der Waals surface area contributed by atoms with Crippen molar-refractivity contribution in [2.24, 2.45) is 0 Å². The fraction of sp³-hybridized carbons (Fsp3) is 0.500. The van der Waals surface area contributed by atoms with Crippen LogP contribution in [-0.2, 0) is 32.2 Å². The summed E-state index contributed by atoms with van der Waals surface area (Å²) in [4.78, 5) is 37.3. The molecular weight excluding hydrogens is 440 g/mol. The number of pyridine rings is 2. The lowest BCUT2D eigenvalue weighted by Gasteiger charge is -2.23. The molecule has 34 heavy (non-hydrogen) atoms. The van der Waals surface area contributed by atoms with Crippen LogP contribution in [0.25, 0.3) is 11.4 Å². The number of likely N-dealkylation sites (tertiary alicyclic amines) is 2. The Morgan fingerprint density at radius 2 is 1.24 bits per heavy atom. The molecule has 0 unspecified atom stereocenters. The molecule has 10 heteroatoms. The van der Waals surface area contributed by atoms with Crippen molar-refractivity contribution in [3.8, 4) is 22.9 Å². The third kappa shape index (κ3) is 4.97. The van der Waals surface area contributed by atoms with Crippen molar-refractivity contribution in [1.29, 1.82) is 0 Å². The summed E-state index contributed by atoms with van der Waals surface area (Å²) in [5.74, 6) is -0.497. The van der Waals surface area contributed by atoms with E-state index in [0.717, 1.165) is 12.8 Å². The van der Waals surface area contributed by atoms with Gasteiger partial charge >= 0.3 is 11.9 Å². The average molecular weight is 471 g/mol. The van der Waals surface area contributed by atoms with Gasteiger partial charge in [-0.1, -0.05) is 0 Å². The van der Waals surface area contributed by atoms with Crippen LogP contribution in [0.15, 0.2) is 24.3 Å². The highest BCUT2D eigenvalue weighted by Crippen LogP contribution is 2.29. The fourth-order valence-electron chi connectivity index (χ4n) is 4.73. The number of nitrogens with zero attached hydrogens (tertiary/aromatic N) is 4. The van der Waals surface area contributed by atoms with Gasteiger partial charge in [-0.25, -0.2) is 9.97 Å². The maximum Gasteiger partial charge on any atom is 0.323 e. The molecule has 182 valence electrons. The van der Waals surface area contributed by atoms with Crippen LogP contribution in [0.4, 0.5) is 0 Å². The van der Waals surface area contributed by atoms with Gasteiger partial charge in [0.05, 0.1) is 37.0 Å². The minimum Gasteiger partial charge on any atom is -0.506 e. The first-order chi connectivity index (χ1) is 16.4. The summed E-state index contributed by atoms with van der Waals surface area (Å²) in [7, 11) is 2.75. The summed E-state index contributed by atoms with van der Waals surface area (Å²) in [6, 6.07) is 5.74. The SMILES string of the molecule is COC(=O)[C@@H]1CCCN1Cc1nc(-c2ccc(O)c(CN3CCC[C@H]3C(=O)OC)n2)ccc1O. The monoisotopic (exact) mass is 470 g/mol. The Balaban J connectivity index is 1.56. The second-order valence-electron chi connectivity index (χ2n) is 8.63. The number of carbonyl (C=O) groups is 2. The molecule has 0 amide bonds. The quantitative estimate of drug-likeness (QED) is 0.579. The van der Waals surface area contributed by atoms with E-state index in [4.69, 9.17) is 9.47 Å². The zero-order chi connectivity index (χ0) is 24.2. The first kappa shape index (κ1) is 23.9. The van der Waals surface area contributed by atoms with Gasteiger partial charge in [0.25, 0.3) is 0 Å². The highest BCUT2D eigenvalue weighted by Gasteiger charge is 2.33. The predicted molar refractivity (Wildman–Crippen MR) is 122 cm³/mol. The first-order valence-electron chi connectivity index (χ1n) is 11.4. The summed E-state index contributed by atoms with van der Waals surface area (Å²) in [6.45, 7) is 2.03. The molecule has 0 spiro atoms. The van der Waals surface area contributed by atoms with Crippen molar-refractivity contribution >= 4 is 11.9 Å². The van der Waals surface area contributed by atoms with Crippen LogP contribution in [0.1, 0.15) is 37.1 Å². The highest BCUT2D eigenvalue weighted by molar-refractivity contribution is 5.76. The van der Waals surface area contributed by atoms with E-state index in [-0.39, 0.29) is 35.5 Å². The van der Waals surface area contributed by atoms with E-state index in [1.54, 1.807) is 24.3 Å². The van der Waals surface area contributed by atoms with E-state index in [0.29, 0.717) is 61.8 Å². The molecule has 2 N–H and O–H groups in total. The van der Waals surface area contributed by atoms with Crippen LogP contribution in [0.2, 0.25) is 0 Å². The first-order valence-corrected chi connectivity index (χ1v) is 11.4. The van der Waals surface area contributed by atoms with E-state index < -0.39 is 0 Å². The number of esters is 2. The average Bonchev–Trinajstić information content (AvgIpc) is 3.50. The summed E-state index contributed by atoms with van der Waals surface area (Å²) in [5, 5.41) is 20.8. The summed E-state index contributed by atoms with van der Waals surface area (Å²) < 4.78 is 9.81. The van der Waals surface area contributed by atoms with Gasteiger partial charge in [0.1, 0.15) is 23.6 Å². The van der Waals surface area contributed by atoms with Gasteiger partial charge in [-0.2, -0.15) is 0 Å². The Hall–Kier alpha value is -3.24. The molecular formula is C24H30N4O6. The molecule has 4 rings (SSSR count). The Labute approximate surface area is 198 Å². The van der Waals surface area contributed by atoms with Crippen molar-refractivity contribution in [2.75, 3.05) is 27.3 Å². The topological polar surface area (TPSA) is 125 Å². The van der Waals surface area contributed by atoms with Crippen LogP contribution in [0.3, 0.4) is 0 Å². The molecule has 2 saturated heterocycles. The van der Waals surface area contributed by atoms with Crippen LogP contribution in [-0.4, -0.2) is 81.3 Å². The molecule has 2 fully saturated rings. The molecule has 2 aromatic heterocycles. The Morgan fingerprint density at radius 3 is 1.62 bits per heavy atom. The number of hydrogen-bond donors (Lipinski definition) is 2. The lowest BCUT2D eigenvalue weighted by atomic mass is 10.1. The van der Waals surface area contributed by atoms with Crippen molar-refractivity contribution < 1.29 is 29.3 Å². The number of hydrogen-bond acceptors (Lipinski definition) is 10. The molecule has 0 radical (unpaired) electrons. The smallest absolute Gasteiger partial charge is 0.323 e. The highest BCUT2D eigenvalue weighted by atomic mass is 16.5. The summed E-state index contributed by atoms with van der Waals surface area (Å²) in [6.07, 6.45) is 3.15. The standard InChI is InChI=1S/C24H30N4O6/c1-33-23(31)19-5-3-11-27(19)13-17-21(29)9-7-15(25-17)16-8-10-22(30)18(26-16)14-28-12-4-6-20(28)24(32)34-2/h7-10,19-20,29-30H,3-6,11-14H2,1-2H3/t19-,20-/m0/s1. The Bertz CT molecular complexity index is 978. The van der Waals surface area contributed by atoms with E-state index in [1.807, 2.05) is 9.80 Å². The lowest BCUT2D eigenvalue weighted by Crippen LogP contribution is -2.36. The van der Waals surface area contributed by atoms with Crippen molar-refractivity contribution in [1.82, 2.24) is 19.8 Å². The number of aromatic nitrogens is 2. The second-order valence-corrected chi connectivity index (χ2v) is 8.63. The lowest BCUT2D eigenvalue weighted by molar-refractivity contribution is -0.146. The third-order valence-electron chi connectivity index (χ3n) is 6.54. The van der Waals surface area contributed by atoms with Crippen molar-refractivity contribution in [3.63, 3.8) is 0 Å². The molecule has 2 aromatic rings. The summed E-state index contributed by atoms with van der Waals surface area (Å²) in [5.41, 5.74) is 1.95. The normalized spacial score (nSPS) is 21.0. The Morgan fingerprint density at radius 1 is 0.824 bits per heavy atom. The van der Waals surface area contributed by atoms with Crippen LogP contribution in [0, 0.1) is 0 Å².